The molecule has 2 aromatic carbocycles. The number of nitrogens with zero attached hydrogens (tertiary/aromatic N) is 3. The van der Waals surface area contributed by atoms with Crippen LogP contribution >= 0.6 is 0 Å². The average molecular weight is 458 g/mol. The largest absolute Gasteiger partial charge is 1.00 e. The van der Waals surface area contributed by atoms with Gasteiger partial charge in [-0.1, -0.05) is 49.2 Å². The summed E-state index contributed by atoms with van der Waals surface area (Å²) in [5.41, 5.74) is 3.78. The number of anilines is 1. The maximum Gasteiger partial charge on any atom is 1.00 e. The fraction of sp³-hybridized carbons (Fsp3) is 0.333. The van der Waals surface area contributed by atoms with E-state index >= 15 is 0 Å². The predicted octanol–water partition coefficient (Wildman–Crippen LogP) is 1.52. The predicted molar refractivity (Wildman–Crippen MR) is 123 cm³/mol. The second kappa shape index (κ2) is 12.0. The minimum Gasteiger partial charge on any atom is -1.00 e. The van der Waals surface area contributed by atoms with Gasteiger partial charge in [0.25, 0.3) is 0 Å². The third kappa shape index (κ3) is 6.66. The number of fused-ring (bicyclic) bond motifs is 1. The van der Waals surface area contributed by atoms with E-state index < -0.39 is 6.10 Å². The summed E-state index contributed by atoms with van der Waals surface area (Å²) in [6.07, 6.45) is 7.56. The minimum atomic E-state index is -0.508. The molecule has 33 heavy (non-hydrogen) atoms. The van der Waals surface area contributed by atoms with Crippen molar-refractivity contribution in [3.8, 4) is 11.5 Å². The van der Waals surface area contributed by atoms with Crippen molar-refractivity contribution in [2.45, 2.75) is 45.6 Å². The smallest absolute Gasteiger partial charge is 1.00 e. The van der Waals surface area contributed by atoms with Gasteiger partial charge in [-0.2, -0.15) is 5.21 Å². The number of aromatic amines is 1. The summed E-state index contributed by atoms with van der Waals surface area (Å²) in [4.78, 5) is 12.6. The first-order chi connectivity index (χ1) is 15.6. The van der Waals surface area contributed by atoms with Crippen molar-refractivity contribution in [1.29, 1.82) is 0 Å². The van der Waals surface area contributed by atoms with Gasteiger partial charge in [0.05, 0.1) is 5.69 Å². The molecule has 4 rings (SSSR count). The number of aryl methyl sites for hydroxylation is 2. The maximum atomic E-state index is 12.6. The van der Waals surface area contributed by atoms with Gasteiger partial charge in [-0.05, 0) is 54.7 Å². The molecule has 0 saturated carbocycles. The van der Waals surface area contributed by atoms with E-state index in [2.05, 4.69) is 45.0 Å². The van der Waals surface area contributed by atoms with Crippen molar-refractivity contribution in [2.75, 3.05) is 11.9 Å². The van der Waals surface area contributed by atoms with E-state index in [-0.39, 0.29) is 43.5 Å². The quantitative estimate of drug-likeness (QED) is 0.302. The van der Waals surface area contributed by atoms with Gasteiger partial charge in [0.15, 0.2) is 17.6 Å². The summed E-state index contributed by atoms with van der Waals surface area (Å²) in [5, 5.41) is 16.8. The van der Waals surface area contributed by atoms with Crippen LogP contribution in [0, 0.1) is 6.92 Å². The summed E-state index contributed by atoms with van der Waals surface area (Å²) in [5.74, 6) is 1.17. The fourth-order valence-electron chi connectivity index (χ4n) is 3.56. The summed E-state index contributed by atoms with van der Waals surface area (Å²) >= 11 is 0. The molecule has 0 aliphatic carbocycles. The van der Waals surface area contributed by atoms with Gasteiger partial charge in [0.1, 0.15) is 6.61 Å². The van der Waals surface area contributed by atoms with Gasteiger partial charge in [-0.25, -0.2) is 0 Å². The van der Waals surface area contributed by atoms with E-state index in [1.54, 1.807) is 6.08 Å². The van der Waals surface area contributed by atoms with E-state index in [1.165, 1.54) is 30.9 Å². The molecule has 0 radical (unpaired) electrons. The number of nitrogens with one attached hydrogen (secondary N) is 2. The maximum absolute atomic E-state index is 12.6. The number of tetrazole rings is 1. The zero-order valence-electron chi connectivity index (χ0n) is 20.3. The van der Waals surface area contributed by atoms with Crippen LogP contribution < -0.4 is 44.3 Å². The van der Waals surface area contributed by atoms with Crippen LogP contribution in [-0.2, 0) is 11.2 Å². The zero-order valence-corrected chi connectivity index (χ0v) is 21.3. The molecule has 0 bridgehead atoms. The standard InChI is InChI=1S/C24H27N5O3.Na.H/c1-3-4-5-6-17-7-9-18(10-8-17)11-12-22(30)25-19-13-16(2)14-20-23(19)32-21(15-31-20)24-26-28-29-27-24;;/h7-14,21H,3-6,15H2,1-2H3,(H,25,30)(H,26,27,28,29);;/q;+1;-1/b12-11+;;. The molecule has 1 unspecified atom stereocenters. The number of carbonyl (C=O) groups is 1. The summed E-state index contributed by atoms with van der Waals surface area (Å²) in [6.45, 7) is 4.40. The van der Waals surface area contributed by atoms with E-state index in [0.717, 1.165) is 17.5 Å². The molecule has 9 heteroatoms. The van der Waals surface area contributed by atoms with Crippen LogP contribution in [0.3, 0.4) is 0 Å². The Morgan fingerprint density at radius 1 is 1.27 bits per heavy atom. The number of hydrogen-bond acceptors (Lipinski definition) is 6. The molecule has 3 aromatic rings. The first-order valence-corrected chi connectivity index (χ1v) is 10.9. The SMILES string of the molecule is CCCCCc1ccc(/C=C/C(=O)Nc2cc(C)cc3c2OC(c2nn[nH]n2)CO3)cc1.[H-].[Na+]. The van der Waals surface area contributed by atoms with Gasteiger partial charge < -0.3 is 16.2 Å². The Morgan fingerprint density at radius 2 is 2.09 bits per heavy atom. The Labute approximate surface area is 216 Å². The number of ether oxygens (including phenoxy) is 2. The van der Waals surface area contributed by atoms with Gasteiger partial charge in [-0.15, -0.1) is 10.2 Å². The Hall–Kier alpha value is -2.68. The fourth-order valence-corrected chi connectivity index (χ4v) is 3.56. The molecular weight excluding hydrogens is 429 g/mol. The molecule has 2 heterocycles. The Morgan fingerprint density at radius 3 is 2.82 bits per heavy atom. The van der Waals surface area contributed by atoms with Gasteiger partial charge in [0, 0.05) is 6.08 Å². The van der Waals surface area contributed by atoms with Crippen LogP contribution in [0.1, 0.15) is 56.2 Å². The number of amides is 1. The van der Waals surface area contributed by atoms with Crippen molar-refractivity contribution in [3.05, 3.63) is 65.0 Å². The van der Waals surface area contributed by atoms with Gasteiger partial charge in [0.2, 0.25) is 11.7 Å². The number of rotatable bonds is 8. The average Bonchev–Trinajstić information content (AvgIpc) is 3.33. The molecular formula is C24H28N5NaO3. The second-order valence-electron chi connectivity index (χ2n) is 7.85. The molecule has 8 nitrogen and oxygen atoms in total. The molecule has 1 aromatic heterocycles. The van der Waals surface area contributed by atoms with E-state index in [1.807, 2.05) is 31.2 Å². The van der Waals surface area contributed by atoms with E-state index in [9.17, 15) is 4.79 Å². The van der Waals surface area contributed by atoms with E-state index in [4.69, 9.17) is 9.47 Å². The minimum absolute atomic E-state index is 0. The van der Waals surface area contributed by atoms with Crippen molar-refractivity contribution in [3.63, 3.8) is 0 Å². The monoisotopic (exact) mass is 457 g/mol. The molecule has 0 fully saturated rings. The van der Waals surface area contributed by atoms with Crippen LogP contribution in [0.2, 0.25) is 0 Å². The van der Waals surface area contributed by atoms with Crippen molar-refractivity contribution >= 4 is 17.7 Å². The van der Waals surface area contributed by atoms with E-state index in [0.29, 0.717) is 23.0 Å². The number of unbranched alkanes of at least 4 members (excludes halogenated alkanes) is 2. The Bertz CT molecular complexity index is 1090. The summed E-state index contributed by atoms with van der Waals surface area (Å²) in [6, 6.07) is 12.0. The number of hydrogen-bond donors (Lipinski definition) is 2. The van der Waals surface area contributed by atoms with Crippen LogP contribution in [0.15, 0.2) is 42.5 Å². The number of aromatic nitrogens is 4. The van der Waals surface area contributed by atoms with Crippen LogP contribution in [-0.4, -0.2) is 33.1 Å². The molecule has 1 aliphatic rings. The van der Waals surface area contributed by atoms with Crippen LogP contribution in [0.4, 0.5) is 5.69 Å². The molecule has 1 atom stereocenters. The third-order valence-electron chi connectivity index (χ3n) is 5.23. The molecule has 1 aliphatic heterocycles. The van der Waals surface area contributed by atoms with Crippen molar-refractivity contribution in [1.82, 2.24) is 20.6 Å². The number of carbonyl (C=O) groups excluding carboxylic acids is 1. The first-order valence-electron chi connectivity index (χ1n) is 10.9. The molecule has 2 N–H and O–H groups in total. The molecule has 1 amide bonds. The van der Waals surface area contributed by atoms with Gasteiger partial charge >= 0.3 is 29.6 Å². The van der Waals surface area contributed by atoms with Crippen molar-refractivity contribution in [2.24, 2.45) is 0 Å². The first kappa shape index (κ1) is 25.0. The molecule has 168 valence electrons. The topological polar surface area (TPSA) is 102 Å². The number of H-pyrrole nitrogens is 1. The van der Waals surface area contributed by atoms with Gasteiger partial charge in [-0.3, -0.25) is 4.79 Å². The Kier molecular flexibility index (Phi) is 9.05. The molecule has 0 saturated heterocycles. The third-order valence-corrected chi connectivity index (χ3v) is 5.23. The molecule has 0 spiro atoms. The van der Waals surface area contributed by atoms with Crippen LogP contribution in [0.25, 0.3) is 6.08 Å². The second-order valence-corrected chi connectivity index (χ2v) is 7.85. The number of benzene rings is 2. The van der Waals surface area contributed by atoms with Crippen molar-refractivity contribution < 1.29 is 45.3 Å². The summed E-state index contributed by atoms with van der Waals surface area (Å²) in [7, 11) is 0. The normalized spacial score (nSPS) is 14.7. The zero-order chi connectivity index (χ0) is 22.3. The van der Waals surface area contributed by atoms with Crippen LogP contribution in [0.5, 0.6) is 11.5 Å². The summed E-state index contributed by atoms with van der Waals surface area (Å²) < 4.78 is 11.9. The Balaban J connectivity index is 0.00000204.